The van der Waals surface area contributed by atoms with Gasteiger partial charge >= 0.3 is 0 Å². The van der Waals surface area contributed by atoms with Crippen molar-refractivity contribution in [1.82, 2.24) is 4.90 Å². The third-order valence-electron chi connectivity index (χ3n) is 2.20. The van der Waals surface area contributed by atoms with Gasteiger partial charge in [0.05, 0.1) is 5.84 Å². The fourth-order valence-corrected chi connectivity index (χ4v) is 1.39. The Balaban J connectivity index is 2.20. The standard InChI is InChI=1S/C9H18N2/c1-8(2)5-7-11-6-3-4-9(11)10/h8,10H,3-7H2,1-2H3. The largest absolute Gasteiger partial charge is 0.361 e. The van der Waals surface area contributed by atoms with E-state index in [9.17, 15) is 0 Å². The van der Waals surface area contributed by atoms with E-state index in [1.165, 1.54) is 12.8 Å². The van der Waals surface area contributed by atoms with E-state index in [0.29, 0.717) is 0 Å². The van der Waals surface area contributed by atoms with Crippen molar-refractivity contribution in [2.24, 2.45) is 5.92 Å². The minimum absolute atomic E-state index is 0.767. The molecule has 1 saturated heterocycles. The second-order valence-corrected chi connectivity index (χ2v) is 3.72. The fourth-order valence-electron chi connectivity index (χ4n) is 1.39. The summed E-state index contributed by atoms with van der Waals surface area (Å²) in [5.74, 6) is 1.62. The Labute approximate surface area is 69.1 Å². The second-order valence-electron chi connectivity index (χ2n) is 3.72. The lowest BCUT2D eigenvalue weighted by Crippen LogP contribution is -2.25. The molecular weight excluding hydrogens is 136 g/mol. The Morgan fingerprint density at radius 3 is 2.73 bits per heavy atom. The predicted octanol–water partition coefficient (Wildman–Crippen LogP) is 2.11. The van der Waals surface area contributed by atoms with Gasteiger partial charge in [0, 0.05) is 19.5 Å². The van der Waals surface area contributed by atoms with E-state index in [4.69, 9.17) is 5.41 Å². The molecule has 11 heavy (non-hydrogen) atoms. The summed E-state index contributed by atoms with van der Waals surface area (Å²) in [5, 5.41) is 7.58. The molecule has 0 aromatic rings. The molecule has 1 rings (SSSR count). The highest BCUT2D eigenvalue weighted by atomic mass is 15.2. The van der Waals surface area contributed by atoms with Crippen molar-refractivity contribution in [2.45, 2.75) is 33.1 Å². The van der Waals surface area contributed by atoms with E-state index in [1.807, 2.05) is 0 Å². The average molecular weight is 154 g/mol. The quantitative estimate of drug-likeness (QED) is 0.662. The molecule has 1 heterocycles. The van der Waals surface area contributed by atoms with Crippen molar-refractivity contribution in [3.63, 3.8) is 0 Å². The molecule has 0 saturated carbocycles. The summed E-state index contributed by atoms with van der Waals surface area (Å²) in [7, 11) is 0. The van der Waals surface area contributed by atoms with Crippen molar-refractivity contribution >= 4 is 5.84 Å². The van der Waals surface area contributed by atoms with Crippen LogP contribution in [0.2, 0.25) is 0 Å². The summed E-state index contributed by atoms with van der Waals surface area (Å²) < 4.78 is 0. The maximum absolute atomic E-state index is 7.58. The van der Waals surface area contributed by atoms with Crippen LogP contribution in [0, 0.1) is 11.3 Å². The lowest BCUT2D eigenvalue weighted by Gasteiger charge is -2.18. The Morgan fingerprint density at radius 2 is 2.27 bits per heavy atom. The second kappa shape index (κ2) is 3.74. The number of nitrogens with one attached hydrogen (secondary N) is 1. The molecule has 1 fully saturated rings. The number of likely N-dealkylation sites (tertiary alicyclic amines) is 1. The van der Waals surface area contributed by atoms with E-state index >= 15 is 0 Å². The van der Waals surface area contributed by atoms with Crippen LogP contribution in [0.25, 0.3) is 0 Å². The van der Waals surface area contributed by atoms with E-state index in [-0.39, 0.29) is 0 Å². The zero-order valence-corrected chi connectivity index (χ0v) is 7.56. The Hall–Kier alpha value is -0.530. The first kappa shape index (κ1) is 8.57. The predicted molar refractivity (Wildman–Crippen MR) is 48.0 cm³/mol. The van der Waals surface area contributed by atoms with Gasteiger partial charge in [-0.15, -0.1) is 0 Å². The van der Waals surface area contributed by atoms with Crippen LogP contribution in [0.5, 0.6) is 0 Å². The van der Waals surface area contributed by atoms with E-state index in [0.717, 1.165) is 31.3 Å². The van der Waals surface area contributed by atoms with Crippen LogP contribution in [0.1, 0.15) is 33.1 Å². The highest BCUT2D eigenvalue weighted by Gasteiger charge is 2.15. The normalized spacial score (nSPS) is 18.5. The molecule has 0 spiro atoms. The van der Waals surface area contributed by atoms with Gasteiger partial charge in [-0.25, -0.2) is 0 Å². The first-order valence-corrected chi connectivity index (χ1v) is 4.52. The topological polar surface area (TPSA) is 27.1 Å². The minimum Gasteiger partial charge on any atom is -0.361 e. The van der Waals surface area contributed by atoms with Gasteiger partial charge in [-0.2, -0.15) is 0 Å². The molecule has 0 aromatic heterocycles. The van der Waals surface area contributed by atoms with Crippen LogP contribution in [0.15, 0.2) is 0 Å². The molecule has 1 N–H and O–H groups in total. The highest BCUT2D eigenvalue weighted by molar-refractivity contribution is 5.80. The van der Waals surface area contributed by atoms with Gasteiger partial charge in [0.25, 0.3) is 0 Å². The number of nitrogens with zero attached hydrogens (tertiary/aromatic N) is 1. The van der Waals surface area contributed by atoms with Crippen molar-refractivity contribution in [3.8, 4) is 0 Å². The van der Waals surface area contributed by atoms with Gasteiger partial charge in [0.1, 0.15) is 0 Å². The van der Waals surface area contributed by atoms with Crippen molar-refractivity contribution in [3.05, 3.63) is 0 Å². The molecule has 2 heteroatoms. The third-order valence-corrected chi connectivity index (χ3v) is 2.20. The van der Waals surface area contributed by atoms with E-state index in [1.54, 1.807) is 0 Å². The SMILES string of the molecule is CC(C)CCN1CCCC1=N. The Morgan fingerprint density at radius 1 is 1.55 bits per heavy atom. The third kappa shape index (κ3) is 2.52. The molecule has 0 aliphatic carbocycles. The van der Waals surface area contributed by atoms with Gasteiger partial charge in [-0.1, -0.05) is 13.8 Å². The molecule has 64 valence electrons. The number of hydrogen-bond donors (Lipinski definition) is 1. The molecule has 0 aromatic carbocycles. The molecule has 0 unspecified atom stereocenters. The summed E-state index contributed by atoms with van der Waals surface area (Å²) in [4.78, 5) is 2.21. The number of hydrogen-bond acceptors (Lipinski definition) is 1. The summed E-state index contributed by atoms with van der Waals surface area (Å²) in [6.45, 7) is 6.68. The van der Waals surface area contributed by atoms with E-state index in [2.05, 4.69) is 18.7 Å². The lowest BCUT2D eigenvalue weighted by molar-refractivity contribution is 0.403. The Bertz CT molecular complexity index is 140. The number of rotatable bonds is 3. The minimum atomic E-state index is 0.767. The molecule has 0 radical (unpaired) electrons. The summed E-state index contributed by atoms with van der Waals surface area (Å²) in [5.41, 5.74) is 0. The van der Waals surface area contributed by atoms with Crippen molar-refractivity contribution in [1.29, 1.82) is 5.41 Å². The van der Waals surface area contributed by atoms with Crippen LogP contribution in [0.3, 0.4) is 0 Å². The van der Waals surface area contributed by atoms with Crippen LogP contribution in [0.4, 0.5) is 0 Å². The summed E-state index contributed by atoms with van der Waals surface area (Å²) >= 11 is 0. The molecule has 1 aliphatic rings. The monoisotopic (exact) mass is 154 g/mol. The van der Waals surface area contributed by atoms with Gasteiger partial charge in [0.2, 0.25) is 0 Å². The smallest absolute Gasteiger partial charge is 0.0958 e. The van der Waals surface area contributed by atoms with Crippen molar-refractivity contribution in [2.75, 3.05) is 13.1 Å². The van der Waals surface area contributed by atoms with Crippen molar-refractivity contribution < 1.29 is 0 Å². The zero-order chi connectivity index (χ0) is 8.27. The van der Waals surface area contributed by atoms with Crippen LogP contribution in [-0.2, 0) is 0 Å². The van der Waals surface area contributed by atoms with Crippen LogP contribution in [-0.4, -0.2) is 23.8 Å². The lowest BCUT2D eigenvalue weighted by atomic mass is 10.1. The first-order chi connectivity index (χ1) is 5.20. The molecule has 0 bridgehead atoms. The van der Waals surface area contributed by atoms with Gasteiger partial charge < -0.3 is 4.90 Å². The van der Waals surface area contributed by atoms with E-state index < -0.39 is 0 Å². The van der Waals surface area contributed by atoms with Crippen LogP contribution >= 0.6 is 0 Å². The zero-order valence-electron chi connectivity index (χ0n) is 7.56. The van der Waals surface area contributed by atoms with Gasteiger partial charge in [-0.3, -0.25) is 5.41 Å². The van der Waals surface area contributed by atoms with Gasteiger partial charge in [0.15, 0.2) is 0 Å². The highest BCUT2D eigenvalue weighted by Crippen LogP contribution is 2.11. The molecule has 0 atom stereocenters. The van der Waals surface area contributed by atoms with Gasteiger partial charge in [-0.05, 0) is 18.8 Å². The summed E-state index contributed by atoms with van der Waals surface area (Å²) in [6, 6.07) is 0. The summed E-state index contributed by atoms with van der Waals surface area (Å²) in [6.07, 6.45) is 3.41. The maximum Gasteiger partial charge on any atom is 0.0958 e. The average Bonchev–Trinajstić information content (AvgIpc) is 2.31. The Kier molecular flexibility index (Phi) is 2.92. The number of amidine groups is 1. The molecule has 0 amide bonds. The first-order valence-electron chi connectivity index (χ1n) is 4.52. The molecular formula is C9H18N2. The molecule has 2 nitrogen and oxygen atoms in total. The fraction of sp³-hybridized carbons (Fsp3) is 0.889. The molecule has 1 aliphatic heterocycles. The van der Waals surface area contributed by atoms with Crippen LogP contribution < -0.4 is 0 Å². The maximum atomic E-state index is 7.58.